The van der Waals surface area contributed by atoms with Crippen LogP contribution in [-0.2, 0) is 0 Å². The van der Waals surface area contributed by atoms with Crippen LogP contribution >= 0.6 is 70.7 Å². The average Bonchev–Trinajstić information content (AvgIpc) is 2.62. The van der Waals surface area contributed by atoms with E-state index < -0.39 is 6.10 Å². The van der Waals surface area contributed by atoms with Crippen molar-refractivity contribution >= 4 is 70.7 Å². The molecule has 0 saturated carbocycles. The number of hydrogen-bond donors (Lipinski definition) is 1. The van der Waals surface area contributed by atoms with Crippen LogP contribution in [0.2, 0.25) is 5.02 Å². The molecule has 0 saturated heterocycles. The lowest BCUT2D eigenvalue weighted by Gasteiger charge is -2.11. The highest BCUT2D eigenvalue weighted by Crippen LogP contribution is 2.40. The van der Waals surface area contributed by atoms with E-state index in [0.717, 1.165) is 17.6 Å². The van der Waals surface area contributed by atoms with Gasteiger partial charge in [0.2, 0.25) is 0 Å². The van der Waals surface area contributed by atoms with Gasteiger partial charge in [0.1, 0.15) is 6.10 Å². The Morgan fingerprint density at radius 2 is 1.88 bits per heavy atom. The van der Waals surface area contributed by atoms with Crippen LogP contribution in [0.5, 0.6) is 0 Å². The van der Waals surface area contributed by atoms with Crippen molar-refractivity contribution in [1.29, 1.82) is 0 Å². The number of rotatable bonds is 2. The summed E-state index contributed by atoms with van der Waals surface area (Å²) < 4.78 is 2.67. The molecule has 0 aliphatic rings. The van der Waals surface area contributed by atoms with Gasteiger partial charge in [-0.25, -0.2) is 0 Å². The van der Waals surface area contributed by atoms with Crippen LogP contribution in [0.15, 0.2) is 37.0 Å². The lowest BCUT2D eigenvalue weighted by molar-refractivity contribution is 0.224. The van der Waals surface area contributed by atoms with Crippen LogP contribution in [0.25, 0.3) is 0 Å². The first-order valence-electron chi connectivity index (χ1n) is 4.57. The molecule has 0 radical (unpaired) electrons. The number of halogens is 4. The van der Waals surface area contributed by atoms with Crippen molar-refractivity contribution in [2.75, 3.05) is 0 Å². The van der Waals surface area contributed by atoms with E-state index in [9.17, 15) is 5.11 Å². The Balaban J connectivity index is 2.43. The summed E-state index contributed by atoms with van der Waals surface area (Å²) in [6.07, 6.45) is -0.715. The Hall–Kier alpha value is 0.610. The van der Waals surface area contributed by atoms with Gasteiger partial charge in [-0.3, -0.25) is 0 Å². The van der Waals surface area contributed by atoms with Crippen LogP contribution in [0.4, 0.5) is 0 Å². The molecule has 1 aromatic carbocycles. The molecule has 0 amide bonds. The topological polar surface area (TPSA) is 20.2 Å². The third kappa shape index (κ3) is 2.96. The molecule has 17 heavy (non-hydrogen) atoms. The van der Waals surface area contributed by atoms with Crippen molar-refractivity contribution in [2.24, 2.45) is 0 Å². The summed E-state index contributed by atoms with van der Waals surface area (Å²) >= 11 is 17.8. The van der Waals surface area contributed by atoms with E-state index in [2.05, 4.69) is 47.8 Å². The van der Waals surface area contributed by atoms with Gasteiger partial charge in [-0.1, -0.05) is 23.7 Å². The lowest BCUT2D eigenvalue weighted by atomic mass is 10.1. The number of aliphatic hydroxyl groups is 1. The molecule has 0 spiro atoms. The monoisotopic (exact) mass is 458 g/mol. The molecular formula is C11H6Br3ClOS. The molecule has 2 aromatic rings. The molecule has 6 heteroatoms. The quantitative estimate of drug-likeness (QED) is 0.602. The summed E-state index contributed by atoms with van der Waals surface area (Å²) in [4.78, 5) is 0.837. The SMILES string of the molecule is OC(c1cc(Br)c(Br)s1)c1cccc(Br)c1Cl. The Morgan fingerprint density at radius 1 is 1.18 bits per heavy atom. The van der Waals surface area contributed by atoms with E-state index in [1.807, 2.05) is 24.3 Å². The second-order valence-corrected chi connectivity index (χ2v) is 7.80. The highest BCUT2D eigenvalue weighted by molar-refractivity contribution is 9.13. The fourth-order valence-corrected chi connectivity index (χ4v) is 4.09. The predicted molar refractivity (Wildman–Crippen MR) is 82.9 cm³/mol. The Bertz CT molecular complexity index is 536. The van der Waals surface area contributed by atoms with Crippen molar-refractivity contribution < 1.29 is 5.11 Å². The lowest BCUT2D eigenvalue weighted by Crippen LogP contribution is -1.98. The fraction of sp³-hybridized carbons (Fsp3) is 0.0909. The van der Waals surface area contributed by atoms with E-state index in [1.165, 1.54) is 11.3 Å². The second kappa shape index (κ2) is 5.72. The van der Waals surface area contributed by atoms with E-state index in [1.54, 1.807) is 0 Å². The average molecular weight is 461 g/mol. The maximum atomic E-state index is 10.3. The van der Waals surface area contributed by atoms with Gasteiger partial charge in [0, 0.05) is 19.4 Å². The summed E-state index contributed by atoms with van der Waals surface area (Å²) in [7, 11) is 0. The van der Waals surface area contributed by atoms with Crippen LogP contribution in [0.3, 0.4) is 0 Å². The minimum absolute atomic E-state index is 0.542. The van der Waals surface area contributed by atoms with Gasteiger partial charge >= 0.3 is 0 Å². The third-order valence-corrected chi connectivity index (χ3v) is 6.83. The summed E-state index contributed by atoms with van der Waals surface area (Å²) in [5, 5.41) is 10.8. The standard InChI is InChI=1S/C11H6Br3ClOS/c12-6-3-1-2-5(9(6)15)10(16)8-4-7(13)11(14)17-8/h1-4,10,16H. The van der Waals surface area contributed by atoms with E-state index in [-0.39, 0.29) is 0 Å². The smallest absolute Gasteiger partial charge is 0.115 e. The molecule has 1 aromatic heterocycles. The molecule has 90 valence electrons. The molecule has 1 nitrogen and oxygen atoms in total. The van der Waals surface area contributed by atoms with E-state index >= 15 is 0 Å². The molecular weight excluding hydrogens is 455 g/mol. The second-order valence-electron chi connectivity index (χ2n) is 3.32. The highest BCUT2D eigenvalue weighted by Gasteiger charge is 2.18. The number of thiophene rings is 1. The molecule has 1 N–H and O–H groups in total. The molecule has 1 heterocycles. The summed E-state index contributed by atoms with van der Waals surface area (Å²) in [5.74, 6) is 0. The third-order valence-electron chi connectivity index (χ3n) is 2.21. The zero-order valence-corrected chi connectivity index (χ0v) is 14.6. The molecule has 0 aliphatic heterocycles. The minimum atomic E-state index is -0.715. The fourth-order valence-electron chi connectivity index (χ4n) is 1.38. The van der Waals surface area contributed by atoms with E-state index in [0.29, 0.717) is 10.6 Å². The van der Waals surface area contributed by atoms with Gasteiger partial charge < -0.3 is 5.11 Å². The maximum Gasteiger partial charge on any atom is 0.115 e. The van der Waals surface area contributed by atoms with Crippen LogP contribution in [-0.4, -0.2) is 5.11 Å². The predicted octanol–water partition coefficient (Wildman–Crippen LogP) is 5.77. The highest BCUT2D eigenvalue weighted by atomic mass is 79.9. The van der Waals surface area contributed by atoms with Gasteiger partial charge in [-0.2, -0.15) is 0 Å². The first-order valence-corrected chi connectivity index (χ1v) is 8.14. The summed E-state index contributed by atoms with van der Waals surface area (Å²) in [5.41, 5.74) is 0.697. The number of benzene rings is 1. The molecule has 0 aliphatic carbocycles. The maximum absolute atomic E-state index is 10.3. The van der Waals surface area contributed by atoms with Crippen molar-refractivity contribution in [3.63, 3.8) is 0 Å². The largest absolute Gasteiger partial charge is 0.383 e. The van der Waals surface area contributed by atoms with Gasteiger partial charge in [0.15, 0.2) is 0 Å². The molecule has 0 bridgehead atoms. The molecule has 1 unspecified atom stereocenters. The van der Waals surface area contributed by atoms with Crippen molar-refractivity contribution in [2.45, 2.75) is 6.10 Å². The van der Waals surface area contributed by atoms with Crippen molar-refractivity contribution in [1.82, 2.24) is 0 Å². The summed E-state index contributed by atoms with van der Waals surface area (Å²) in [6, 6.07) is 7.40. The van der Waals surface area contributed by atoms with Crippen LogP contribution < -0.4 is 0 Å². The van der Waals surface area contributed by atoms with E-state index in [4.69, 9.17) is 11.6 Å². The van der Waals surface area contributed by atoms with Crippen LogP contribution in [0.1, 0.15) is 16.5 Å². The van der Waals surface area contributed by atoms with Gasteiger partial charge in [-0.05, 0) is 59.9 Å². The number of hydrogen-bond acceptors (Lipinski definition) is 2. The zero-order chi connectivity index (χ0) is 12.6. The minimum Gasteiger partial charge on any atom is -0.383 e. The van der Waals surface area contributed by atoms with Crippen molar-refractivity contribution in [3.8, 4) is 0 Å². The number of aliphatic hydroxyl groups excluding tert-OH is 1. The molecule has 0 fully saturated rings. The molecule has 2 rings (SSSR count). The van der Waals surface area contributed by atoms with Gasteiger partial charge in [-0.15, -0.1) is 11.3 Å². The normalized spacial score (nSPS) is 12.8. The van der Waals surface area contributed by atoms with Crippen LogP contribution in [0, 0.1) is 0 Å². The first-order chi connectivity index (χ1) is 8.00. The Labute approximate surface area is 133 Å². The Kier molecular flexibility index (Phi) is 4.72. The summed E-state index contributed by atoms with van der Waals surface area (Å²) in [6.45, 7) is 0. The van der Waals surface area contributed by atoms with Gasteiger partial charge in [0.05, 0.1) is 8.81 Å². The Morgan fingerprint density at radius 3 is 2.47 bits per heavy atom. The first kappa shape index (κ1) is 14.0. The molecule has 1 atom stereocenters. The van der Waals surface area contributed by atoms with Gasteiger partial charge in [0.25, 0.3) is 0 Å². The van der Waals surface area contributed by atoms with Crippen molar-refractivity contribution in [3.05, 3.63) is 52.5 Å². The zero-order valence-electron chi connectivity index (χ0n) is 8.25.